The van der Waals surface area contributed by atoms with Gasteiger partial charge in [-0.3, -0.25) is 0 Å². The van der Waals surface area contributed by atoms with Gasteiger partial charge >= 0.3 is 12.1 Å². The van der Waals surface area contributed by atoms with Crippen LogP contribution in [0, 0.1) is 11.8 Å². The van der Waals surface area contributed by atoms with Crippen LogP contribution in [-0.2, 0) is 6.54 Å². The molecular formula is C18H26N4O2. The van der Waals surface area contributed by atoms with Crippen LogP contribution >= 0.6 is 0 Å². The Labute approximate surface area is 143 Å². The summed E-state index contributed by atoms with van der Waals surface area (Å²) in [4.78, 5) is 28.0. The number of nitrogens with one attached hydrogen (secondary N) is 2. The van der Waals surface area contributed by atoms with Gasteiger partial charge in [0.1, 0.15) is 0 Å². The molecule has 2 atom stereocenters. The number of carbonyl (C=O) groups is 2. The first-order valence-electron chi connectivity index (χ1n) is 8.71. The average Bonchev–Trinajstić information content (AvgIpc) is 2.97. The maximum atomic E-state index is 12.6. The lowest BCUT2D eigenvalue weighted by Crippen LogP contribution is -2.44. The van der Waals surface area contributed by atoms with E-state index < -0.39 is 0 Å². The summed E-state index contributed by atoms with van der Waals surface area (Å²) in [5.41, 5.74) is 1.75. The van der Waals surface area contributed by atoms with E-state index in [4.69, 9.17) is 0 Å². The summed E-state index contributed by atoms with van der Waals surface area (Å²) in [7, 11) is 0. The molecule has 0 saturated carbocycles. The van der Waals surface area contributed by atoms with Crippen LogP contribution in [0.4, 0.5) is 15.3 Å². The molecule has 0 aromatic heterocycles. The van der Waals surface area contributed by atoms with Crippen LogP contribution in [0.2, 0.25) is 0 Å². The molecule has 2 heterocycles. The zero-order chi connectivity index (χ0) is 17.1. The van der Waals surface area contributed by atoms with Crippen molar-refractivity contribution >= 4 is 17.7 Å². The molecular weight excluding hydrogens is 304 g/mol. The molecule has 130 valence electrons. The topological polar surface area (TPSA) is 64.7 Å². The average molecular weight is 330 g/mol. The molecule has 1 aromatic carbocycles. The lowest BCUT2D eigenvalue weighted by atomic mass is 9.89. The first kappa shape index (κ1) is 16.6. The summed E-state index contributed by atoms with van der Waals surface area (Å²) in [6, 6.07) is 7.61. The molecule has 0 radical (unpaired) electrons. The Bertz CT molecular complexity index is 619. The molecule has 2 fully saturated rings. The molecule has 2 aliphatic rings. The van der Waals surface area contributed by atoms with E-state index in [1.165, 1.54) is 0 Å². The third-order valence-corrected chi connectivity index (χ3v) is 5.19. The van der Waals surface area contributed by atoms with E-state index in [0.717, 1.165) is 30.8 Å². The van der Waals surface area contributed by atoms with Gasteiger partial charge in [-0.25, -0.2) is 9.59 Å². The number of amides is 4. The summed E-state index contributed by atoms with van der Waals surface area (Å²) >= 11 is 0. The largest absolute Gasteiger partial charge is 0.336 e. The van der Waals surface area contributed by atoms with Crippen molar-refractivity contribution in [3.63, 3.8) is 0 Å². The Kier molecular flexibility index (Phi) is 4.92. The highest BCUT2D eigenvalue weighted by Crippen LogP contribution is 2.24. The SMILES string of the molecule is C[C@H]1CCN(C(=O)Nc2ccccc2CN2CCNC2=O)C[C@@H]1C. The third-order valence-electron chi connectivity index (χ3n) is 5.19. The highest BCUT2D eigenvalue weighted by Gasteiger charge is 2.26. The van der Waals surface area contributed by atoms with Crippen molar-refractivity contribution in [3.8, 4) is 0 Å². The van der Waals surface area contributed by atoms with Crippen molar-refractivity contribution in [2.75, 3.05) is 31.5 Å². The van der Waals surface area contributed by atoms with E-state index in [2.05, 4.69) is 24.5 Å². The quantitative estimate of drug-likeness (QED) is 0.895. The van der Waals surface area contributed by atoms with Gasteiger partial charge in [0, 0.05) is 38.4 Å². The van der Waals surface area contributed by atoms with Crippen LogP contribution in [0.25, 0.3) is 0 Å². The summed E-state index contributed by atoms with van der Waals surface area (Å²) in [6.07, 6.45) is 1.05. The third kappa shape index (κ3) is 3.63. The van der Waals surface area contributed by atoms with E-state index in [9.17, 15) is 9.59 Å². The molecule has 3 rings (SSSR count). The van der Waals surface area contributed by atoms with Crippen molar-refractivity contribution in [1.29, 1.82) is 0 Å². The minimum Gasteiger partial charge on any atom is -0.336 e. The number of nitrogens with zero attached hydrogens (tertiary/aromatic N) is 2. The summed E-state index contributed by atoms with van der Waals surface area (Å²) in [5.74, 6) is 1.18. The molecule has 2 saturated heterocycles. The van der Waals surface area contributed by atoms with Crippen molar-refractivity contribution in [3.05, 3.63) is 29.8 Å². The lowest BCUT2D eigenvalue weighted by molar-refractivity contribution is 0.154. The number of rotatable bonds is 3. The molecule has 4 amide bonds. The van der Waals surface area contributed by atoms with E-state index >= 15 is 0 Å². The number of para-hydroxylation sites is 1. The first-order chi connectivity index (χ1) is 11.5. The van der Waals surface area contributed by atoms with Crippen LogP contribution in [0.1, 0.15) is 25.8 Å². The highest BCUT2D eigenvalue weighted by molar-refractivity contribution is 5.90. The highest BCUT2D eigenvalue weighted by atomic mass is 16.2. The number of carbonyl (C=O) groups excluding carboxylic acids is 2. The van der Waals surface area contributed by atoms with Crippen molar-refractivity contribution < 1.29 is 9.59 Å². The monoisotopic (exact) mass is 330 g/mol. The van der Waals surface area contributed by atoms with Gasteiger partial charge in [0.25, 0.3) is 0 Å². The molecule has 24 heavy (non-hydrogen) atoms. The smallest absolute Gasteiger partial charge is 0.321 e. The number of hydrogen-bond acceptors (Lipinski definition) is 2. The predicted molar refractivity (Wildman–Crippen MR) is 93.8 cm³/mol. The number of piperidine rings is 1. The number of benzene rings is 1. The lowest BCUT2D eigenvalue weighted by Gasteiger charge is -2.35. The maximum Gasteiger partial charge on any atom is 0.321 e. The van der Waals surface area contributed by atoms with Crippen molar-refractivity contribution in [2.24, 2.45) is 11.8 Å². The predicted octanol–water partition coefficient (Wildman–Crippen LogP) is 2.72. The second-order valence-electron chi connectivity index (χ2n) is 6.93. The van der Waals surface area contributed by atoms with Crippen LogP contribution in [0.5, 0.6) is 0 Å². The summed E-state index contributed by atoms with van der Waals surface area (Å²) in [6.45, 7) is 7.92. The van der Waals surface area contributed by atoms with E-state index in [1.807, 2.05) is 29.2 Å². The van der Waals surface area contributed by atoms with Crippen LogP contribution in [0.15, 0.2) is 24.3 Å². The Hall–Kier alpha value is -2.24. The first-order valence-corrected chi connectivity index (χ1v) is 8.71. The molecule has 0 bridgehead atoms. The molecule has 1 aromatic rings. The molecule has 2 aliphatic heterocycles. The zero-order valence-corrected chi connectivity index (χ0v) is 14.4. The van der Waals surface area contributed by atoms with E-state index in [1.54, 1.807) is 4.90 Å². The fourth-order valence-electron chi connectivity index (χ4n) is 3.29. The van der Waals surface area contributed by atoms with E-state index in [0.29, 0.717) is 31.5 Å². The van der Waals surface area contributed by atoms with Crippen molar-refractivity contribution in [1.82, 2.24) is 15.1 Å². The van der Waals surface area contributed by atoms with Crippen molar-refractivity contribution in [2.45, 2.75) is 26.8 Å². The Morgan fingerprint density at radius 1 is 1.25 bits per heavy atom. The standard InChI is InChI=1S/C18H26N4O2/c1-13-7-9-21(11-14(13)2)18(24)20-16-6-4-3-5-15(16)12-22-10-8-19-17(22)23/h3-6,13-14H,7-12H2,1-2H3,(H,19,23)(H,20,24)/t13-,14-/m0/s1. The number of anilines is 1. The van der Waals surface area contributed by atoms with Gasteiger partial charge in [0.05, 0.1) is 0 Å². The second-order valence-corrected chi connectivity index (χ2v) is 6.93. The van der Waals surface area contributed by atoms with Gasteiger partial charge in [-0.1, -0.05) is 32.0 Å². The molecule has 6 nitrogen and oxygen atoms in total. The molecule has 0 aliphatic carbocycles. The minimum atomic E-state index is -0.0490. The van der Waals surface area contributed by atoms with E-state index in [-0.39, 0.29) is 12.1 Å². The number of likely N-dealkylation sites (tertiary alicyclic amines) is 1. The fraction of sp³-hybridized carbons (Fsp3) is 0.556. The van der Waals surface area contributed by atoms with Gasteiger partial charge in [-0.2, -0.15) is 0 Å². The molecule has 0 spiro atoms. The van der Waals surface area contributed by atoms with Crippen LogP contribution in [0.3, 0.4) is 0 Å². The maximum absolute atomic E-state index is 12.6. The van der Waals surface area contributed by atoms with Gasteiger partial charge in [0.2, 0.25) is 0 Å². The second kappa shape index (κ2) is 7.11. The van der Waals surface area contributed by atoms with Gasteiger partial charge in [0.15, 0.2) is 0 Å². The summed E-state index contributed by atoms with van der Waals surface area (Å²) < 4.78 is 0. The number of urea groups is 2. The molecule has 6 heteroatoms. The molecule has 0 unspecified atom stereocenters. The zero-order valence-electron chi connectivity index (χ0n) is 14.4. The van der Waals surface area contributed by atoms with Gasteiger partial charge < -0.3 is 20.4 Å². The normalized spacial score (nSPS) is 24.0. The number of hydrogen-bond donors (Lipinski definition) is 2. The van der Waals surface area contributed by atoms with Gasteiger partial charge in [-0.15, -0.1) is 0 Å². The summed E-state index contributed by atoms with van der Waals surface area (Å²) in [5, 5.41) is 5.84. The minimum absolute atomic E-state index is 0.0463. The van der Waals surface area contributed by atoms with Crippen LogP contribution in [-0.4, -0.2) is 48.0 Å². The molecule has 2 N–H and O–H groups in total. The van der Waals surface area contributed by atoms with Gasteiger partial charge in [-0.05, 0) is 29.9 Å². The Balaban J connectivity index is 1.66. The Morgan fingerprint density at radius 2 is 2.04 bits per heavy atom. The van der Waals surface area contributed by atoms with Crippen LogP contribution < -0.4 is 10.6 Å². The fourth-order valence-corrected chi connectivity index (χ4v) is 3.29. The Morgan fingerprint density at radius 3 is 2.75 bits per heavy atom.